The molecule has 4 heterocycles. The summed E-state index contributed by atoms with van der Waals surface area (Å²) < 4.78 is 5.71. The lowest BCUT2D eigenvalue weighted by Gasteiger charge is -2.37. The highest BCUT2D eigenvalue weighted by Crippen LogP contribution is 2.46. The second-order valence-electron chi connectivity index (χ2n) is 9.46. The third-order valence-electron chi connectivity index (χ3n) is 7.21. The highest BCUT2D eigenvalue weighted by Gasteiger charge is 2.47. The second kappa shape index (κ2) is 6.67. The number of esters is 1. The normalized spacial score (nSPS) is 30.8. The lowest BCUT2D eigenvalue weighted by molar-refractivity contribution is -0.151. The van der Waals surface area contributed by atoms with Gasteiger partial charge >= 0.3 is 5.97 Å². The predicted molar refractivity (Wildman–Crippen MR) is 105 cm³/mol. The van der Waals surface area contributed by atoms with Crippen molar-refractivity contribution in [3.05, 3.63) is 17.5 Å². The van der Waals surface area contributed by atoms with E-state index in [4.69, 9.17) is 9.72 Å². The number of amides is 1. The van der Waals surface area contributed by atoms with Gasteiger partial charge in [0.15, 0.2) is 0 Å². The van der Waals surface area contributed by atoms with Crippen molar-refractivity contribution in [2.45, 2.75) is 76.0 Å². The summed E-state index contributed by atoms with van der Waals surface area (Å²) in [5.74, 6) is 1.48. The fraction of sp³-hybridized carbons (Fsp3) is 0.727. The van der Waals surface area contributed by atoms with Gasteiger partial charge in [0.1, 0.15) is 6.10 Å². The molecule has 3 unspecified atom stereocenters. The molecule has 5 aliphatic rings. The summed E-state index contributed by atoms with van der Waals surface area (Å²) in [5, 5.41) is 0. The number of aromatic nitrogens is 2. The molecule has 6 rings (SSSR count). The molecule has 2 saturated carbocycles. The number of carbonyl (C=O) groups excluding carboxylic acids is 2. The first kappa shape index (κ1) is 17.7. The monoisotopic (exact) mass is 396 g/mol. The van der Waals surface area contributed by atoms with Crippen molar-refractivity contribution in [2.75, 3.05) is 18.0 Å². The smallest absolute Gasteiger partial charge is 0.309 e. The molecule has 0 spiro atoms. The van der Waals surface area contributed by atoms with Gasteiger partial charge in [-0.15, -0.1) is 0 Å². The first-order valence-electron chi connectivity index (χ1n) is 11.3. The highest BCUT2D eigenvalue weighted by molar-refractivity contribution is 5.82. The Morgan fingerprint density at radius 3 is 2.66 bits per heavy atom. The van der Waals surface area contributed by atoms with Crippen LogP contribution in [0.25, 0.3) is 0 Å². The summed E-state index contributed by atoms with van der Waals surface area (Å²) in [6, 6.07) is 0.469. The topological polar surface area (TPSA) is 75.6 Å². The average Bonchev–Trinajstić information content (AvgIpc) is 3.63. The largest absolute Gasteiger partial charge is 0.460 e. The van der Waals surface area contributed by atoms with Gasteiger partial charge in [-0.1, -0.05) is 0 Å². The molecule has 7 heteroatoms. The van der Waals surface area contributed by atoms with Crippen LogP contribution in [0.4, 0.5) is 5.95 Å². The van der Waals surface area contributed by atoms with Gasteiger partial charge in [-0.25, -0.2) is 9.97 Å². The van der Waals surface area contributed by atoms with Crippen molar-refractivity contribution in [1.82, 2.24) is 14.9 Å². The maximum Gasteiger partial charge on any atom is 0.309 e. The summed E-state index contributed by atoms with van der Waals surface area (Å²) in [7, 11) is 0. The molecule has 2 bridgehead atoms. The van der Waals surface area contributed by atoms with Crippen molar-refractivity contribution in [2.24, 2.45) is 11.8 Å². The van der Waals surface area contributed by atoms with E-state index in [0.29, 0.717) is 18.5 Å². The molecule has 1 aromatic heterocycles. The minimum atomic E-state index is -0.0562. The van der Waals surface area contributed by atoms with Crippen molar-refractivity contribution < 1.29 is 14.3 Å². The Kier molecular flexibility index (Phi) is 4.06. The van der Waals surface area contributed by atoms with Crippen molar-refractivity contribution in [3.63, 3.8) is 0 Å². The third-order valence-corrected chi connectivity index (χ3v) is 7.21. The summed E-state index contributed by atoms with van der Waals surface area (Å²) in [4.78, 5) is 38.7. The molecule has 3 aliphatic heterocycles. The van der Waals surface area contributed by atoms with Crippen LogP contribution in [0.15, 0.2) is 6.20 Å². The van der Waals surface area contributed by atoms with E-state index < -0.39 is 0 Å². The molecule has 29 heavy (non-hydrogen) atoms. The minimum Gasteiger partial charge on any atom is -0.460 e. The second-order valence-corrected chi connectivity index (χ2v) is 9.46. The van der Waals surface area contributed by atoms with E-state index in [1.54, 1.807) is 0 Å². The van der Waals surface area contributed by atoms with E-state index in [0.717, 1.165) is 81.5 Å². The fourth-order valence-electron chi connectivity index (χ4n) is 5.29. The van der Waals surface area contributed by atoms with Gasteiger partial charge in [-0.05, 0) is 51.4 Å². The molecular weight excluding hydrogens is 368 g/mol. The number of carbonyl (C=O) groups is 2. The number of ether oxygens (including phenoxy) is 1. The standard InChI is InChI=1S/C22H28N4O3/c27-20(13-3-4-13)26-15-7-8-19(26)17-11-23-22(24-18(17)10-15)25-9-1-2-16(12-25)29-21(28)14-5-6-14/h11,13-16,19H,1-10,12H2. The van der Waals surface area contributed by atoms with E-state index in [1.807, 2.05) is 6.20 Å². The van der Waals surface area contributed by atoms with E-state index in [-0.39, 0.29) is 30.0 Å². The maximum absolute atomic E-state index is 12.8. The molecule has 2 aliphatic carbocycles. The van der Waals surface area contributed by atoms with Crippen molar-refractivity contribution in [1.29, 1.82) is 0 Å². The van der Waals surface area contributed by atoms with E-state index >= 15 is 0 Å². The highest BCUT2D eigenvalue weighted by atomic mass is 16.5. The fourth-order valence-corrected chi connectivity index (χ4v) is 5.29. The number of anilines is 1. The van der Waals surface area contributed by atoms with Crippen LogP contribution >= 0.6 is 0 Å². The zero-order valence-corrected chi connectivity index (χ0v) is 16.8. The van der Waals surface area contributed by atoms with Crippen LogP contribution in [0.1, 0.15) is 68.7 Å². The van der Waals surface area contributed by atoms with Gasteiger partial charge < -0.3 is 14.5 Å². The summed E-state index contributed by atoms with van der Waals surface area (Å²) in [6.07, 6.45) is 10.8. The molecule has 1 aromatic rings. The number of rotatable bonds is 4. The maximum atomic E-state index is 12.8. The predicted octanol–water partition coefficient (Wildman–Crippen LogP) is 2.40. The van der Waals surface area contributed by atoms with Crippen LogP contribution in [0, 0.1) is 11.8 Å². The average molecular weight is 396 g/mol. The Hall–Kier alpha value is -2.18. The van der Waals surface area contributed by atoms with E-state index in [1.165, 1.54) is 0 Å². The lowest BCUT2D eigenvalue weighted by Crippen LogP contribution is -2.44. The summed E-state index contributed by atoms with van der Waals surface area (Å²) >= 11 is 0. The SMILES string of the molecule is O=C(OC1CCCN(c2ncc3c(n2)CC2CCC3N2C(=O)C2CC2)C1)C1CC1. The van der Waals surface area contributed by atoms with E-state index in [9.17, 15) is 9.59 Å². The van der Waals surface area contributed by atoms with Gasteiger partial charge in [-0.3, -0.25) is 9.59 Å². The molecule has 2 saturated heterocycles. The van der Waals surface area contributed by atoms with Gasteiger partial charge in [-0.2, -0.15) is 0 Å². The Balaban J connectivity index is 1.19. The molecule has 0 N–H and O–H groups in total. The molecule has 0 aromatic carbocycles. The minimum absolute atomic E-state index is 0.0276. The van der Waals surface area contributed by atoms with Crippen molar-refractivity contribution in [3.8, 4) is 0 Å². The first-order valence-corrected chi connectivity index (χ1v) is 11.3. The zero-order chi connectivity index (χ0) is 19.5. The molecule has 1 amide bonds. The summed E-state index contributed by atoms with van der Waals surface area (Å²) in [5.41, 5.74) is 2.25. The van der Waals surface area contributed by atoms with Crippen LogP contribution < -0.4 is 4.90 Å². The van der Waals surface area contributed by atoms with Gasteiger partial charge in [0.2, 0.25) is 11.9 Å². The van der Waals surface area contributed by atoms with Crippen LogP contribution in [-0.2, 0) is 20.7 Å². The Labute approximate surface area is 170 Å². The van der Waals surface area contributed by atoms with Crippen LogP contribution in [-0.4, -0.2) is 52.0 Å². The molecule has 7 nitrogen and oxygen atoms in total. The lowest BCUT2D eigenvalue weighted by atomic mass is 9.98. The quantitative estimate of drug-likeness (QED) is 0.728. The van der Waals surface area contributed by atoms with Crippen LogP contribution in [0.3, 0.4) is 0 Å². The van der Waals surface area contributed by atoms with Gasteiger partial charge in [0, 0.05) is 36.7 Å². The molecule has 0 radical (unpaired) electrons. The third kappa shape index (κ3) is 3.19. The van der Waals surface area contributed by atoms with Gasteiger partial charge in [0.25, 0.3) is 0 Å². The molecule has 154 valence electrons. The zero-order valence-electron chi connectivity index (χ0n) is 16.8. The Morgan fingerprint density at radius 2 is 1.86 bits per heavy atom. The van der Waals surface area contributed by atoms with E-state index in [2.05, 4.69) is 14.8 Å². The molecule has 4 fully saturated rings. The van der Waals surface area contributed by atoms with Crippen LogP contribution in [0.2, 0.25) is 0 Å². The number of hydrogen-bond donors (Lipinski definition) is 0. The van der Waals surface area contributed by atoms with Crippen LogP contribution in [0.5, 0.6) is 0 Å². The Morgan fingerprint density at radius 1 is 1.03 bits per heavy atom. The number of piperidine rings is 1. The number of nitrogens with zero attached hydrogens (tertiary/aromatic N) is 4. The number of fused-ring (bicyclic) bond motifs is 4. The first-order chi connectivity index (χ1) is 14.2. The summed E-state index contributed by atoms with van der Waals surface area (Å²) in [6.45, 7) is 1.58. The molecule has 3 atom stereocenters. The number of hydrogen-bond acceptors (Lipinski definition) is 6. The van der Waals surface area contributed by atoms with Gasteiger partial charge in [0.05, 0.1) is 24.2 Å². The van der Waals surface area contributed by atoms with Crippen molar-refractivity contribution >= 4 is 17.8 Å². The Bertz CT molecular complexity index is 850. The molecular formula is C22H28N4O3.